The van der Waals surface area contributed by atoms with E-state index in [0.717, 1.165) is 0 Å². The number of aliphatic carboxylic acids is 2. The molecular formula is C18H20FeN2O6. The average Bonchev–Trinajstić information content (AvgIpc) is 2.58. The summed E-state index contributed by atoms with van der Waals surface area (Å²) in [5.74, 6) is -2.30. The van der Waals surface area contributed by atoms with Crippen molar-refractivity contribution in [1.82, 2.24) is 0 Å². The van der Waals surface area contributed by atoms with Crippen LogP contribution in [0.25, 0.3) is 0 Å². The predicted molar refractivity (Wildman–Crippen MR) is 95.9 cm³/mol. The normalized spacial score (nSPS) is 9.93. The van der Waals surface area contributed by atoms with E-state index in [1.165, 1.54) is 21.9 Å². The molecule has 0 aromatic heterocycles. The third-order valence-corrected chi connectivity index (χ3v) is 3.74. The number of nitrogens with zero attached hydrogens (tertiary/aromatic N) is 2. The largest absolute Gasteiger partial charge is 0.506 e. The first kappa shape index (κ1) is 22.1. The Morgan fingerprint density at radius 2 is 1.04 bits per heavy atom. The molecule has 0 radical (unpaired) electrons. The third-order valence-electron chi connectivity index (χ3n) is 3.74. The van der Waals surface area contributed by atoms with Gasteiger partial charge < -0.3 is 30.2 Å². The number of phenolic OH excluding ortho intramolecular Hbond substituents is 2. The summed E-state index contributed by atoms with van der Waals surface area (Å²) in [4.78, 5) is 25.2. The number of benzene rings is 2. The molecule has 9 heteroatoms. The Morgan fingerprint density at radius 3 is 1.33 bits per heavy atom. The summed E-state index contributed by atoms with van der Waals surface area (Å²) in [6.07, 6.45) is 0. The van der Waals surface area contributed by atoms with E-state index in [2.05, 4.69) is 0 Å². The maximum atomic E-state index is 11.2. The molecule has 0 spiro atoms. The Bertz CT molecular complexity index is 720. The number of carboxylic acid groups (broad SMARTS) is 2. The maximum Gasteiger partial charge on any atom is 0.323 e. The third kappa shape index (κ3) is 6.40. The summed E-state index contributed by atoms with van der Waals surface area (Å²) in [5, 5.41) is 38.2. The minimum absolute atomic E-state index is 0. The van der Waals surface area contributed by atoms with Gasteiger partial charge in [0.2, 0.25) is 0 Å². The van der Waals surface area contributed by atoms with E-state index < -0.39 is 11.9 Å². The van der Waals surface area contributed by atoms with Crippen LogP contribution in [0.5, 0.6) is 11.5 Å². The summed E-state index contributed by atoms with van der Waals surface area (Å²) in [6.45, 7) is -0.463. The molecule has 0 amide bonds. The Balaban J connectivity index is 0.00000364. The topological polar surface area (TPSA) is 122 Å². The number of hydrogen-bond donors (Lipinski definition) is 4. The van der Waals surface area contributed by atoms with Crippen molar-refractivity contribution < 1.29 is 47.1 Å². The number of aromatic hydroxyl groups is 2. The van der Waals surface area contributed by atoms with Crippen LogP contribution in [0, 0.1) is 0 Å². The molecule has 0 unspecified atom stereocenters. The number of carboxylic acids is 2. The second-order valence-electron chi connectivity index (χ2n) is 5.61. The molecule has 146 valence electrons. The van der Waals surface area contributed by atoms with E-state index in [1.54, 1.807) is 36.4 Å². The summed E-state index contributed by atoms with van der Waals surface area (Å²) < 4.78 is 0. The van der Waals surface area contributed by atoms with Crippen LogP contribution in [0.15, 0.2) is 48.5 Å². The first-order chi connectivity index (χ1) is 12.4. The van der Waals surface area contributed by atoms with Gasteiger partial charge in [0.25, 0.3) is 0 Å². The van der Waals surface area contributed by atoms with Crippen molar-refractivity contribution in [2.45, 2.75) is 0 Å². The first-order valence-corrected chi connectivity index (χ1v) is 7.88. The quantitative estimate of drug-likeness (QED) is 0.455. The van der Waals surface area contributed by atoms with Crippen molar-refractivity contribution in [1.29, 1.82) is 0 Å². The van der Waals surface area contributed by atoms with Crippen LogP contribution < -0.4 is 9.80 Å². The van der Waals surface area contributed by atoms with Crippen molar-refractivity contribution in [3.05, 3.63) is 48.5 Å². The number of para-hydroxylation sites is 4. The zero-order valence-corrected chi connectivity index (χ0v) is 15.4. The van der Waals surface area contributed by atoms with Crippen molar-refractivity contribution >= 4 is 23.3 Å². The molecule has 0 saturated carbocycles. The van der Waals surface area contributed by atoms with Crippen LogP contribution in [0.2, 0.25) is 0 Å². The first-order valence-electron chi connectivity index (χ1n) is 7.88. The van der Waals surface area contributed by atoms with Crippen LogP contribution in [-0.4, -0.2) is 58.5 Å². The van der Waals surface area contributed by atoms with E-state index in [4.69, 9.17) is 10.2 Å². The molecule has 0 aliphatic rings. The van der Waals surface area contributed by atoms with Gasteiger partial charge in [0.1, 0.15) is 24.6 Å². The summed E-state index contributed by atoms with van der Waals surface area (Å²) in [5.41, 5.74) is 0.671. The molecule has 0 atom stereocenters. The van der Waals surface area contributed by atoms with Gasteiger partial charge in [-0.25, -0.2) is 0 Å². The van der Waals surface area contributed by atoms with Gasteiger partial charge in [0.05, 0.1) is 11.4 Å². The summed E-state index contributed by atoms with van der Waals surface area (Å²) in [7, 11) is 0. The monoisotopic (exact) mass is 416 g/mol. The zero-order chi connectivity index (χ0) is 19.1. The molecule has 0 aliphatic carbocycles. The van der Waals surface area contributed by atoms with Gasteiger partial charge >= 0.3 is 11.9 Å². The van der Waals surface area contributed by atoms with Crippen molar-refractivity contribution in [2.24, 2.45) is 0 Å². The van der Waals surface area contributed by atoms with Crippen LogP contribution >= 0.6 is 0 Å². The number of hydrogen-bond acceptors (Lipinski definition) is 6. The number of rotatable bonds is 9. The van der Waals surface area contributed by atoms with Gasteiger partial charge in [-0.3, -0.25) is 9.59 Å². The summed E-state index contributed by atoms with van der Waals surface area (Å²) in [6, 6.07) is 12.6. The van der Waals surface area contributed by atoms with E-state index in [1.807, 2.05) is 0 Å². The van der Waals surface area contributed by atoms with Crippen molar-refractivity contribution in [2.75, 3.05) is 36.0 Å². The van der Waals surface area contributed by atoms with Gasteiger partial charge in [0, 0.05) is 30.2 Å². The Labute approximate surface area is 166 Å². The molecule has 0 bridgehead atoms. The van der Waals surface area contributed by atoms with Crippen LogP contribution in [0.4, 0.5) is 11.4 Å². The van der Waals surface area contributed by atoms with E-state index in [0.29, 0.717) is 11.4 Å². The number of anilines is 2. The molecule has 0 aliphatic heterocycles. The fraction of sp³-hybridized carbons (Fsp3) is 0.222. The number of phenols is 2. The maximum absolute atomic E-state index is 11.2. The van der Waals surface area contributed by atoms with Gasteiger partial charge in [-0.05, 0) is 24.3 Å². The molecular weight excluding hydrogens is 396 g/mol. The van der Waals surface area contributed by atoms with Gasteiger partial charge in [-0.2, -0.15) is 0 Å². The van der Waals surface area contributed by atoms with Crippen molar-refractivity contribution in [3.63, 3.8) is 0 Å². The predicted octanol–water partition coefficient (Wildman–Crippen LogP) is 1.58. The fourth-order valence-corrected chi connectivity index (χ4v) is 2.60. The molecule has 8 nitrogen and oxygen atoms in total. The molecule has 2 aromatic rings. The number of carbonyl (C=O) groups is 2. The minimum Gasteiger partial charge on any atom is -0.506 e. The Kier molecular flexibility index (Phi) is 8.44. The average molecular weight is 416 g/mol. The SMILES string of the molecule is O=C(O)CN(CCN(CC(=O)O)c1ccccc1O)c1ccccc1O.[Fe]. The molecule has 4 N–H and O–H groups in total. The van der Waals surface area contributed by atoms with Crippen LogP contribution in [0.1, 0.15) is 0 Å². The van der Waals surface area contributed by atoms with E-state index in [-0.39, 0.29) is 54.7 Å². The Hall–Kier alpha value is -2.90. The van der Waals surface area contributed by atoms with Crippen LogP contribution in [0.3, 0.4) is 0 Å². The van der Waals surface area contributed by atoms with E-state index >= 15 is 0 Å². The Morgan fingerprint density at radius 1 is 0.704 bits per heavy atom. The molecule has 0 saturated heterocycles. The minimum atomic E-state index is -1.08. The van der Waals surface area contributed by atoms with Gasteiger partial charge in [-0.15, -0.1) is 0 Å². The second-order valence-corrected chi connectivity index (χ2v) is 5.61. The fourth-order valence-electron chi connectivity index (χ4n) is 2.60. The standard InChI is InChI=1S/C18H20N2O6.Fe/c21-15-7-3-1-5-13(15)19(11-17(23)24)9-10-20(12-18(25)26)14-6-2-4-8-16(14)22;/h1-8,21-22H,9-12H2,(H,23,24)(H,25,26);. The molecule has 0 heterocycles. The molecule has 27 heavy (non-hydrogen) atoms. The second kappa shape index (κ2) is 10.3. The molecule has 2 aromatic carbocycles. The molecule has 0 fully saturated rings. The van der Waals surface area contributed by atoms with Gasteiger partial charge in [0.15, 0.2) is 0 Å². The summed E-state index contributed by atoms with van der Waals surface area (Å²) >= 11 is 0. The smallest absolute Gasteiger partial charge is 0.323 e. The molecule has 2 rings (SSSR count). The van der Waals surface area contributed by atoms with Gasteiger partial charge in [-0.1, -0.05) is 24.3 Å². The van der Waals surface area contributed by atoms with Crippen molar-refractivity contribution in [3.8, 4) is 11.5 Å². The van der Waals surface area contributed by atoms with Crippen LogP contribution in [-0.2, 0) is 26.7 Å². The van der Waals surface area contributed by atoms with E-state index in [9.17, 15) is 19.8 Å². The zero-order valence-electron chi connectivity index (χ0n) is 14.3.